The van der Waals surface area contributed by atoms with E-state index in [9.17, 15) is 13.2 Å². The minimum Gasteiger partial charge on any atom is -0.326 e. The molecule has 0 aliphatic heterocycles. The van der Waals surface area contributed by atoms with Crippen LogP contribution in [0.2, 0.25) is 0 Å². The number of fused-ring (bicyclic) bond motifs is 1. The van der Waals surface area contributed by atoms with E-state index in [1.54, 1.807) is 35.0 Å². The second kappa shape index (κ2) is 7.14. The summed E-state index contributed by atoms with van der Waals surface area (Å²) in [5, 5.41) is 7.45. The van der Waals surface area contributed by atoms with E-state index in [4.69, 9.17) is 0 Å². The number of aromatic nitrogens is 3. The van der Waals surface area contributed by atoms with Gasteiger partial charge in [-0.2, -0.15) is 5.10 Å². The van der Waals surface area contributed by atoms with Crippen LogP contribution < -0.4 is 5.32 Å². The molecule has 29 heavy (non-hydrogen) atoms. The zero-order valence-corrected chi connectivity index (χ0v) is 16.6. The summed E-state index contributed by atoms with van der Waals surface area (Å²) >= 11 is 0. The first-order chi connectivity index (χ1) is 13.8. The average molecular weight is 406 g/mol. The molecular formula is C21H18N4O3S. The van der Waals surface area contributed by atoms with Crippen molar-refractivity contribution in [3.05, 3.63) is 66.9 Å². The van der Waals surface area contributed by atoms with Crippen molar-refractivity contribution < 1.29 is 13.2 Å². The molecule has 4 rings (SSSR count). The van der Waals surface area contributed by atoms with E-state index in [1.807, 2.05) is 36.4 Å². The van der Waals surface area contributed by atoms with E-state index in [0.717, 1.165) is 16.8 Å². The fraction of sp³-hybridized carbons (Fsp3) is 0.0952. The number of carbonyl (C=O) groups is 1. The Balaban J connectivity index is 1.76. The summed E-state index contributed by atoms with van der Waals surface area (Å²) in [6, 6.07) is 17.8. The Morgan fingerprint density at radius 3 is 2.45 bits per heavy atom. The Kier molecular flexibility index (Phi) is 4.63. The Morgan fingerprint density at radius 1 is 1.00 bits per heavy atom. The maximum absolute atomic E-state index is 11.7. The van der Waals surface area contributed by atoms with Crippen LogP contribution in [-0.4, -0.2) is 35.2 Å². The molecule has 146 valence electrons. The highest BCUT2D eigenvalue weighted by Gasteiger charge is 2.11. The number of sulfone groups is 1. The van der Waals surface area contributed by atoms with Gasteiger partial charge in [-0.15, -0.1) is 0 Å². The predicted molar refractivity (Wildman–Crippen MR) is 111 cm³/mol. The quantitative estimate of drug-likeness (QED) is 0.560. The standard InChI is InChI=1S/C21H18N4O3S/c1-14(26)23-17-5-3-4-16(12-17)20-13-22-21-11-10-19(24-25(20)21)15-6-8-18(9-7-15)29(2,27)28/h3-13H,1-2H3,(H,23,26). The normalized spacial score (nSPS) is 11.5. The lowest BCUT2D eigenvalue weighted by atomic mass is 10.1. The summed E-state index contributed by atoms with van der Waals surface area (Å²) in [7, 11) is -3.25. The van der Waals surface area contributed by atoms with Crippen molar-refractivity contribution in [2.24, 2.45) is 0 Å². The Bertz CT molecular complexity index is 1330. The molecule has 0 bridgehead atoms. The van der Waals surface area contributed by atoms with Gasteiger partial charge in [0.1, 0.15) is 0 Å². The number of nitrogens with one attached hydrogen (secondary N) is 1. The van der Waals surface area contributed by atoms with Gasteiger partial charge in [0.05, 0.1) is 22.5 Å². The first kappa shape index (κ1) is 18.8. The highest BCUT2D eigenvalue weighted by molar-refractivity contribution is 7.90. The molecule has 0 saturated heterocycles. The van der Waals surface area contributed by atoms with Gasteiger partial charge in [-0.3, -0.25) is 4.79 Å². The Labute approximate surface area is 168 Å². The lowest BCUT2D eigenvalue weighted by Gasteiger charge is -2.07. The molecule has 0 radical (unpaired) electrons. The third-order valence-corrected chi connectivity index (χ3v) is 5.55. The lowest BCUT2D eigenvalue weighted by Crippen LogP contribution is -2.05. The second-order valence-corrected chi connectivity index (χ2v) is 8.71. The van der Waals surface area contributed by atoms with Crippen molar-refractivity contribution in [3.63, 3.8) is 0 Å². The topological polar surface area (TPSA) is 93.4 Å². The van der Waals surface area contributed by atoms with Gasteiger partial charge < -0.3 is 5.32 Å². The zero-order valence-electron chi connectivity index (χ0n) is 15.8. The third kappa shape index (κ3) is 3.88. The van der Waals surface area contributed by atoms with Gasteiger partial charge in [0.2, 0.25) is 5.91 Å². The van der Waals surface area contributed by atoms with Crippen LogP contribution >= 0.6 is 0 Å². The summed E-state index contributed by atoms with van der Waals surface area (Å²) < 4.78 is 25.1. The van der Waals surface area contributed by atoms with E-state index >= 15 is 0 Å². The van der Waals surface area contributed by atoms with Crippen LogP contribution in [0, 0.1) is 0 Å². The van der Waals surface area contributed by atoms with Crippen molar-refractivity contribution >= 4 is 27.1 Å². The van der Waals surface area contributed by atoms with Crippen molar-refractivity contribution in [1.82, 2.24) is 14.6 Å². The van der Waals surface area contributed by atoms with Crippen LogP contribution in [0.15, 0.2) is 71.8 Å². The van der Waals surface area contributed by atoms with E-state index in [-0.39, 0.29) is 10.8 Å². The molecule has 2 heterocycles. The fourth-order valence-corrected chi connectivity index (χ4v) is 3.69. The van der Waals surface area contributed by atoms with E-state index in [1.165, 1.54) is 13.2 Å². The number of benzene rings is 2. The minimum absolute atomic E-state index is 0.141. The zero-order chi connectivity index (χ0) is 20.6. The molecule has 0 atom stereocenters. The van der Waals surface area contributed by atoms with Gasteiger partial charge in [-0.25, -0.2) is 17.9 Å². The molecule has 4 aromatic rings. The molecule has 0 fully saturated rings. The molecule has 2 aromatic heterocycles. The Hall–Kier alpha value is -3.52. The predicted octanol–water partition coefficient (Wildman–Crippen LogP) is 3.43. The molecule has 0 saturated carbocycles. The monoisotopic (exact) mass is 406 g/mol. The van der Waals surface area contributed by atoms with Crippen LogP contribution in [0.4, 0.5) is 5.69 Å². The molecule has 2 aromatic carbocycles. The molecule has 0 spiro atoms. The molecular weight excluding hydrogens is 388 g/mol. The summed E-state index contributed by atoms with van der Waals surface area (Å²) in [6.07, 6.45) is 2.91. The maximum atomic E-state index is 11.7. The van der Waals surface area contributed by atoms with Crippen LogP contribution in [0.3, 0.4) is 0 Å². The van der Waals surface area contributed by atoms with Gasteiger partial charge >= 0.3 is 0 Å². The van der Waals surface area contributed by atoms with Crippen molar-refractivity contribution in [1.29, 1.82) is 0 Å². The number of imidazole rings is 1. The summed E-state index contributed by atoms with van der Waals surface area (Å²) in [4.78, 5) is 16.0. The number of hydrogen-bond acceptors (Lipinski definition) is 5. The number of anilines is 1. The average Bonchev–Trinajstić information content (AvgIpc) is 3.10. The summed E-state index contributed by atoms with van der Waals surface area (Å²) in [5.74, 6) is -0.141. The third-order valence-electron chi connectivity index (χ3n) is 4.42. The number of carbonyl (C=O) groups excluding carboxylic acids is 1. The van der Waals surface area contributed by atoms with Crippen LogP contribution in [0.1, 0.15) is 6.92 Å². The molecule has 1 N–H and O–H groups in total. The van der Waals surface area contributed by atoms with Crippen LogP contribution in [0.5, 0.6) is 0 Å². The van der Waals surface area contributed by atoms with Crippen molar-refractivity contribution in [2.45, 2.75) is 11.8 Å². The SMILES string of the molecule is CC(=O)Nc1cccc(-c2cnc3ccc(-c4ccc(S(C)(=O)=O)cc4)nn23)c1. The molecule has 8 heteroatoms. The summed E-state index contributed by atoms with van der Waals surface area (Å²) in [5.41, 5.74) is 4.50. The first-order valence-corrected chi connectivity index (χ1v) is 10.7. The lowest BCUT2D eigenvalue weighted by molar-refractivity contribution is -0.114. The number of amides is 1. The van der Waals surface area contributed by atoms with E-state index in [0.29, 0.717) is 17.0 Å². The van der Waals surface area contributed by atoms with Gasteiger partial charge in [0.15, 0.2) is 15.5 Å². The highest BCUT2D eigenvalue weighted by Crippen LogP contribution is 2.25. The molecule has 0 aliphatic carbocycles. The molecule has 1 amide bonds. The minimum atomic E-state index is -3.25. The molecule has 7 nitrogen and oxygen atoms in total. The Morgan fingerprint density at radius 2 is 1.76 bits per heavy atom. The number of hydrogen-bond donors (Lipinski definition) is 1. The first-order valence-electron chi connectivity index (χ1n) is 8.84. The van der Waals surface area contributed by atoms with Gasteiger partial charge in [0.25, 0.3) is 0 Å². The van der Waals surface area contributed by atoms with E-state index < -0.39 is 9.84 Å². The van der Waals surface area contributed by atoms with Gasteiger partial charge in [-0.05, 0) is 36.4 Å². The van der Waals surface area contributed by atoms with E-state index in [2.05, 4.69) is 15.4 Å². The second-order valence-electron chi connectivity index (χ2n) is 6.69. The largest absolute Gasteiger partial charge is 0.326 e. The maximum Gasteiger partial charge on any atom is 0.221 e. The summed E-state index contributed by atoms with van der Waals surface area (Å²) in [6.45, 7) is 1.46. The molecule has 0 aliphatic rings. The fourth-order valence-electron chi connectivity index (χ4n) is 3.06. The van der Waals surface area contributed by atoms with Crippen molar-refractivity contribution in [2.75, 3.05) is 11.6 Å². The van der Waals surface area contributed by atoms with Gasteiger partial charge in [-0.1, -0.05) is 24.3 Å². The number of rotatable bonds is 4. The highest BCUT2D eigenvalue weighted by atomic mass is 32.2. The smallest absolute Gasteiger partial charge is 0.221 e. The van der Waals surface area contributed by atoms with Crippen LogP contribution in [-0.2, 0) is 14.6 Å². The van der Waals surface area contributed by atoms with Crippen molar-refractivity contribution in [3.8, 4) is 22.5 Å². The van der Waals surface area contributed by atoms with Gasteiger partial charge in [0, 0.05) is 30.0 Å². The molecule has 0 unspecified atom stereocenters. The number of nitrogens with zero attached hydrogens (tertiary/aromatic N) is 3. The van der Waals surface area contributed by atoms with Crippen LogP contribution in [0.25, 0.3) is 28.2 Å².